The van der Waals surface area contributed by atoms with Gasteiger partial charge in [-0.1, -0.05) is 11.8 Å². The van der Waals surface area contributed by atoms with Crippen LogP contribution >= 0.6 is 11.8 Å². The van der Waals surface area contributed by atoms with Gasteiger partial charge < -0.3 is 24.7 Å². The molecule has 0 atom stereocenters. The molecule has 0 aliphatic rings. The fourth-order valence-electron chi connectivity index (χ4n) is 2.88. The van der Waals surface area contributed by atoms with E-state index in [1.807, 2.05) is 6.07 Å². The van der Waals surface area contributed by atoms with Gasteiger partial charge in [0.05, 0.1) is 44.8 Å². The smallest absolute Gasteiger partial charge is 0.342 e. The van der Waals surface area contributed by atoms with E-state index in [0.717, 1.165) is 11.8 Å². The van der Waals surface area contributed by atoms with E-state index in [0.29, 0.717) is 22.8 Å². The number of pyridine rings is 1. The molecule has 0 fully saturated rings. The van der Waals surface area contributed by atoms with Gasteiger partial charge in [0, 0.05) is 5.56 Å². The van der Waals surface area contributed by atoms with Crippen LogP contribution in [-0.4, -0.2) is 44.1 Å². The number of nitrogen functional groups attached to an aromatic ring is 1. The first-order valence-electron chi connectivity index (χ1n) is 9.07. The second-order valence-corrected chi connectivity index (χ2v) is 7.32. The van der Waals surface area contributed by atoms with Crippen LogP contribution in [0.5, 0.6) is 17.2 Å². The second-order valence-electron chi connectivity index (χ2n) is 6.35. The van der Waals surface area contributed by atoms with Gasteiger partial charge in [0.25, 0.3) is 0 Å². The van der Waals surface area contributed by atoms with Crippen LogP contribution in [0.1, 0.15) is 29.8 Å². The van der Waals surface area contributed by atoms with Gasteiger partial charge in [-0.2, -0.15) is 10.5 Å². The number of methoxy groups -OCH3 is 3. The minimum Gasteiger partial charge on any atom is -0.493 e. The van der Waals surface area contributed by atoms with Crippen LogP contribution in [-0.2, 0) is 4.74 Å². The summed E-state index contributed by atoms with van der Waals surface area (Å²) in [7, 11) is 4.37. The maximum Gasteiger partial charge on any atom is 0.342 e. The highest BCUT2D eigenvalue weighted by Crippen LogP contribution is 2.44. The van der Waals surface area contributed by atoms with Gasteiger partial charge in [-0.05, 0) is 31.5 Å². The Labute approximate surface area is 184 Å². The number of nitriles is 2. The number of rotatable bonds is 8. The summed E-state index contributed by atoms with van der Waals surface area (Å²) in [6.07, 6.45) is -0.419. The normalized spacial score (nSPS) is 10.2. The lowest BCUT2D eigenvalue weighted by Gasteiger charge is -2.19. The number of benzene rings is 1. The van der Waals surface area contributed by atoms with Gasteiger partial charge in [-0.25, -0.2) is 9.78 Å². The van der Waals surface area contributed by atoms with E-state index in [-0.39, 0.29) is 33.3 Å². The molecule has 0 saturated heterocycles. The highest BCUT2D eigenvalue weighted by atomic mass is 32.2. The molecule has 0 amide bonds. The zero-order valence-corrected chi connectivity index (χ0v) is 18.6. The van der Waals surface area contributed by atoms with Gasteiger partial charge in [-0.15, -0.1) is 0 Å². The molecule has 0 radical (unpaired) electrons. The Morgan fingerprint density at radius 2 is 1.77 bits per heavy atom. The van der Waals surface area contributed by atoms with Crippen molar-refractivity contribution in [2.24, 2.45) is 0 Å². The number of aromatic nitrogens is 1. The minimum absolute atomic E-state index is 0.0472. The Morgan fingerprint density at radius 3 is 2.23 bits per heavy atom. The summed E-state index contributed by atoms with van der Waals surface area (Å²) in [6, 6.07) is 7.27. The van der Waals surface area contributed by atoms with Crippen molar-refractivity contribution in [2.75, 3.05) is 32.8 Å². The number of hydrogen-bond acceptors (Lipinski definition) is 10. The van der Waals surface area contributed by atoms with Crippen LogP contribution in [0.25, 0.3) is 11.1 Å². The van der Waals surface area contributed by atoms with Crippen molar-refractivity contribution >= 4 is 23.5 Å². The third-order valence-corrected chi connectivity index (χ3v) is 4.92. The van der Waals surface area contributed by atoms with Crippen LogP contribution in [0.15, 0.2) is 17.2 Å². The summed E-state index contributed by atoms with van der Waals surface area (Å²) in [5, 5.41) is 19.1. The molecule has 0 bridgehead atoms. The van der Waals surface area contributed by atoms with E-state index in [9.17, 15) is 10.1 Å². The molecule has 1 aromatic carbocycles. The third-order valence-electron chi connectivity index (χ3n) is 4.08. The van der Waals surface area contributed by atoms with Crippen molar-refractivity contribution < 1.29 is 23.7 Å². The molecule has 162 valence electrons. The number of ether oxygens (including phenoxy) is 4. The van der Waals surface area contributed by atoms with Crippen molar-refractivity contribution in [1.82, 2.24) is 4.98 Å². The van der Waals surface area contributed by atoms with Crippen molar-refractivity contribution in [1.29, 1.82) is 10.5 Å². The third kappa shape index (κ3) is 4.93. The van der Waals surface area contributed by atoms with Crippen LogP contribution < -0.4 is 19.9 Å². The SMILES string of the molecule is COc1cc(-c2c(C#N)c(SCC#N)nc(N)c2C(=O)OC(C)C)cc(OC)c1OC. The number of carbonyl (C=O) groups is 1. The van der Waals surface area contributed by atoms with Crippen molar-refractivity contribution in [3.63, 3.8) is 0 Å². The Balaban J connectivity index is 2.94. The quantitative estimate of drug-likeness (QED) is 0.477. The van der Waals surface area contributed by atoms with Crippen LogP contribution in [0, 0.1) is 22.7 Å². The van der Waals surface area contributed by atoms with Crippen LogP contribution in [0.3, 0.4) is 0 Å². The molecule has 0 saturated carbocycles. The molecule has 10 heteroatoms. The molecule has 1 heterocycles. The topological polar surface area (TPSA) is 140 Å². The minimum atomic E-state index is -0.725. The summed E-state index contributed by atoms with van der Waals surface area (Å²) in [4.78, 5) is 17.1. The molecule has 2 N–H and O–H groups in total. The zero-order valence-electron chi connectivity index (χ0n) is 17.8. The zero-order chi connectivity index (χ0) is 23.1. The average molecular weight is 442 g/mol. The largest absolute Gasteiger partial charge is 0.493 e. The predicted molar refractivity (Wildman–Crippen MR) is 115 cm³/mol. The number of hydrogen-bond donors (Lipinski definition) is 1. The van der Waals surface area contributed by atoms with Gasteiger partial charge >= 0.3 is 5.97 Å². The second kappa shape index (κ2) is 10.4. The lowest BCUT2D eigenvalue weighted by molar-refractivity contribution is 0.0379. The maximum absolute atomic E-state index is 12.9. The molecule has 2 rings (SSSR count). The molecular weight excluding hydrogens is 420 g/mol. The summed E-state index contributed by atoms with van der Waals surface area (Å²) >= 11 is 1.04. The van der Waals surface area contributed by atoms with Gasteiger partial charge in [0.2, 0.25) is 5.75 Å². The number of thioether (sulfide) groups is 1. The monoisotopic (exact) mass is 442 g/mol. The fourth-order valence-corrected chi connectivity index (χ4v) is 3.54. The van der Waals surface area contributed by atoms with Crippen molar-refractivity contribution in [3.8, 4) is 40.5 Å². The summed E-state index contributed by atoms with van der Waals surface area (Å²) in [5.41, 5.74) is 6.77. The highest BCUT2D eigenvalue weighted by Gasteiger charge is 2.28. The standard InChI is InChI=1S/C21H22N4O5S/c1-11(2)30-21(26)17-16(13(10-23)20(25-19(17)24)31-7-6-22)12-8-14(27-3)18(29-5)15(9-12)28-4/h8-9,11H,7H2,1-5H3,(H2,24,25). The lowest BCUT2D eigenvalue weighted by atomic mass is 9.95. The molecule has 0 unspecified atom stereocenters. The number of anilines is 1. The molecule has 1 aromatic heterocycles. The predicted octanol–water partition coefficient (Wildman–Crippen LogP) is 3.41. The summed E-state index contributed by atoms with van der Waals surface area (Å²) < 4.78 is 21.5. The van der Waals surface area contributed by atoms with E-state index < -0.39 is 12.1 Å². The number of nitrogens with zero attached hydrogens (tertiary/aromatic N) is 3. The van der Waals surface area contributed by atoms with E-state index in [1.54, 1.807) is 26.0 Å². The molecule has 9 nitrogen and oxygen atoms in total. The molecule has 31 heavy (non-hydrogen) atoms. The Hall–Kier alpha value is -3.63. The first kappa shape index (κ1) is 23.6. The van der Waals surface area contributed by atoms with Gasteiger partial charge in [0.15, 0.2) is 11.5 Å². The fraction of sp³-hybridized carbons (Fsp3) is 0.333. The number of carbonyl (C=O) groups excluding carboxylic acids is 1. The molecule has 0 aliphatic carbocycles. The molecular formula is C21H22N4O5S. The number of nitrogens with two attached hydrogens (primary N) is 1. The number of esters is 1. The van der Waals surface area contributed by atoms with E-state index in [4.69, 9.17) is 29.9 Å². The molecule has 2 aromatic rings. The Bertz CT molecular complexity index is 1050. The average Bonchev–Trinajstić information content (AvgIpc) is 2.75. The first-order chi connectivity index (χ1) is 14.8. The van der Waals surface area contributed by atoms with Gasteiger partial charge in [-0.3, -0.25) is 0 Å². The van der Waals surface area contributed by atoms with E-state index >= 15 is 0 Å². The van der Waals surface area contributed by atoms with Crippen molar-refractivity contribution in [2.45, 2.75) is 25.0 Å². The van der Waals surface area contributed by atoms with E-state index in [2.05, 4.69) is 11.1 Å². The molecule has 0 aliphatic heterocycles. The van der Waals surface area contributed by atoms with Gasteiger partial charge in [0.1, 0.15) is 22.5 Å². The summed E-state index contributed by atoms with van der Waals surface area (Å²) in [5.74, 6) is 0.202. The summed E-state index contributed by atoms with van der Waals surface area (Å²) in [6.45, 7) is 3.39. The van der Waals surface area contributed by atoms with Crippen molar-refractivity contribution in [3.05, 3.63) is 23.3 Å². The highest BCUT2D eigenvalue weighted by molar-refractivity contribution is 7.99. The Morgan fingerprint density at radius 1 is 1.16 bits per heavy atom. The lowest BCUT2D eigenvalue weighted by Crippen LogP contribution is -2.17. The van der Waals surface area contributed by atoms with Crippen LogP contribution in [0.4, 0.5) is 5.82 Å². The molecule has 0 spiro atoms. The Kier molecular flexibility index (Phi) is 7.94. The first-order valence-corrected chi connectivity index (χ1v) is 10.1. The van der Waals surface area contributed by atoms with Crippen LogP contribution in [0.2, 0.25) is 0 Å². The maximum atomic E-state index is 12.9. The van der Waals surface area contributed by atoms with E-state index in [1.165, 1.54) is 21.3 Å².